The van der Waals surface area contributed by atoms with E-state index in [-0.39, 0.29) is 34.9 Å². The molecule has 1 aromatic carbocycles. The molecular formula is C32H34FNO7. The van der Waals surface area contributed by atoms with Gasteiger partial charge in [0.25, 0.3) is 0 Å². The van der Waals surface area contributed by atoms with Gasteiger partial charge < -0.3 is 28.8 Å². The lowest BCUT2D eigenvalue weighted by Gasteiger charge is -2.67. The SMILES string of the molecule is C[C@@]12CO[C@@H](c3cccc(F)c3)O[C@H]1CC[C@@]1(C)[C@H]2C[C@H](O)[C@@]2(C)Oc3cc(-c4cccnc4)oc(=O)c3[C@H](O)[C@H]12. The highest BCUT2D eigenvalue weighted by Gasteiger charge is 2.70. The van der Waals surface area contributed by atoms with Crippen molar-refractivity contribution in [2.24, 2.45) is 22.7 Å². The Morgan fingerprint density at radius 2 is 1.90 bits per heavy atom. The van der Waals surface area contributed by atoms with Crippen LogP contribution in [0, 0.1) is 28.5 Å². The number of aliphatic hydroxyl groups excluding tert-OH is 2. The van der Waals surface area contributed by atoms with Crippen LogP contribution in [0.5, 0.6) is 5.75 Å². The first-order valence-electron chi connectivity index (χ1n) is 14.2. The zero-order chi connectivity index (χ0) is 28.7. The minimum absolute atomic E-state index is 0.0729. The van der Waals surface area contributed by atoms with Crippen molar-refractivity contribution in [2.75, 3.05) is 6.61 Å². The van der Waals surface area contributed by atoms with E-state index < -0.39 is 46.5 Å². The Balaban J connectivity index is 1.25. The van der Waals surface area contributed by atoms with Crippen molar-refractivity contribution in [3.8, 4) is 17.1 Å². The minimum Gasteiger partial charge on any atom is -0.484 e. The van der Waals surface area contributed by atoms with E-state index in [0.717, 1.165) is 0 Å². The summed E-state index contributed by atoms with van der Waals surface area (Å²) >= 11 is 0. The Kier molecular flexibility index (Phi) is 6.00. The minimum atomic E-state index is -1.21. The topological polar surface area (TPSA) is 111 Å². The lowest BCUT2D eigenvalue weighted by molar-refractivity contribution is -0.330. The summed E-state index contributed by atoms with van der Waals surface area (Å²) in [4.78, 5) is 17.4. The molecule has 0 bridgehead atoms. The molecule has 1 saturated heterocycles. The molecule has 9 heteroatoms. The largest absolute Gasteiger partial charge is 0.484 e. The summed E-state index contributed by atoms with van der Waals surface area (Å²) in [5.74, 6) is -0.561. The van der Waals surface area contributed by atoms with Gasteiger partial charge in [-0.15, -0.1) is 0 Å². The molecule has 41 heavy (non-hydrogen) atoms. The molecule has 2 saturated carbocycles. The fourth-order valence-electron chi connectivity index (χ4n) is 8.54. The highest BCUT2D eigenvalue weighted by Crippen LogP contribution is 2.68. The molecule has 3 aromatic rings. The predicted molar refractivity (Wildman–Crippen MR) is 145 cm³/mol. The normalized spacial score (nSPS) is 39.5. The van der Waals surface area contributed by atoms with E-state index in [1.165, 1.54) is 12.1 Å². The average Bonchev–Trinajstić information content (AvgIpc) is 2.94. The maximum Gasteiger partial charge on any atom is 0.345 e. The van der Waals surface area contributed by atoms with E-state index in [2.05, 4.69) is 18.8 Å². The summed E-state index contributed by atoms with van der Waals surface area (Å²) in [6.07, 6.45) is 1.96. The van der Waals surface area contributed by atoms with Gasteiger partial charge in [0.05, 0.1) is 24.9 Å². The molecule has 8 nitrogen and oxygen atoms in total. The van der Waals surface area contributed by atoms with E-state index in [9.17, 15) is 19.4 Å². The average molecular weight is 564 g/mol. The van der Waals surface area contributed by atoms with E-state index in [1.807, 2.05) is 6.92 Å². The number of hydrogen-bond acceptors (Lipinski definition) is 8. The number of rotatable bonds is 2. The van der Waals surface area contributed by atoms with Crippen molar-refractivity contribution in [2.45, 2.75) is 70.2 Å². The summed E-state index contributed by atoms with van der Waals surface area (Å²) in [6, 6.07) is 11.4. The standard InChI is InChI=1S/C32H34FNO7/c1-30-10-9-24-31(2,16-38-29(40-24)17-6-4-8-19(33)12-17)22(30)14-23(35)32(3)27(30)26(36)25-21(41-32)13-20(39-28(25)37)18-7-5-11-34-15-18/h4-8,11-13,15,22-24,26-27,29,35-36H,9-10,14,16H2,1-3H3/t22-,23+,24+,26+,27-,29-,30+,31+,32-/m1/s1. The predicted octanol–water partition coefficient (Wildman–Crippen LogP) is 4.94. The Morgan fingerprint density at radius 3 is 2.66 bits per heavy atom. The zero-order valence-electron chi connectivity index (χ0n) is 23.2. The van der Waals surface area contributed by atoms with Gasteiger partial charge >= 0.3 is 5.63 Å². The molecular weight excluding hydrogens is 529 g/mol. The molecule has 216 valence electrons. The Morgan fingerprint density at radius 1 is 1.07 bits per heavy atom. The zero-order valence-corrected chi connectivity index (χ0v) is 23.2. The van der Waals surface area contributed by atoms with Gasteiger partial charge in [-0.05, 0) is 61.8 Å². The Hall–Kier alpha value is -3.11. The Labute approximate surface area is 237 Å². The molecule has 0 amide bonds. The fraction of sp³-hybridized carbons (Fsp3) is 0.500. The van der Waals surface area contributed by atoms with E-state index in [0.29, 0.717) is 37.0 Å². The second kappa shape index (κ2) is 9.19. The second-order valence-corrected chi connectivity index (χ2v) is 12.8. The van der Waals surface area contributed by atoms with E-state index in [1.54, 1.807) is 42.7 Å². The molecule has 3 fully saturated rings. The van der Waals surface area contributed by atoms with Crippen LogP contribution in [0.4, 0.5) is 4.39 Å². The van der Waals surface area contributed by atoms with Crippen LogP contribution >= 0.6 is 0 Å². The van der Waals surface area contributed by atoms with Crippen LogP contribution in [0.15, 0.2) is 64.1 Å². The number of aromatic nitrogens is 1. The van der Waals surface area contributed by atoms with Crippen LogP contribution in [0.1, 0.15) is 63.6 Å². The number of aliphatic hydroxyl groups is 2. The molecule has 0 spiro atoms. The van der Waals surface area contributed by atoms with Gasteiger partial charge in [0.15, 0.2) is 6.29 Å². The summed E-state index contributed by atoms with van der Waals surface area (Å²) < 4.78 is 38.7. The quantitative estimate of drug-likeness (QED) is 0.451. The number of hydrogen-bond donors (Lipinski definition) is 2. The fourth-order valence-corrected chi connectivity index (χ4v) is 8.54. The maximum absolute atomic E-state index is 13.9. The van der Waals surface area contributed by atoms with Crippen LogP contribution in [-0.2, 0) is 9.47 Å². The van der Waals surface area contributed by atoms with Gasteiger partial charge in [-0.2, -0.15) is 0 Å². The van der Waals surface area contributed by atoms with Crippen LogP contribution in [0.2, 0.25) is 0 Å². The van der Waals surface area contributed by atoms with Gasteiger partial charge in [0.1, 0.15) is 28.5 Å². The van der Waals surface area contributed by atoms with Crippen LogP contribution in [-0.4, -0.2) is 39.6 Å². The molecule has 7 rings (SSSR count). The van der Waals surface area contributed by atoms with Crippen molar-refractivity contribution in [1.82, 2.24) is 4.98 Å². The molecule has 0 unspecified atom stereocenters. The number of ether oxygens (including phenoxy) is 3. The van der Waals surface area contributed by atoms with Gasteiger partial charge in [-0.3, -0.25) is 4.98 Å². The highest BCUT2D eigenvalue weighted by molar-refractivity contribution is 5.59. The first kappa shape index (κ1) is 26.8. The summed E-state index contributed by atoms with van der Waals surface area (Å²) in [7, 11) is 0. The summed E-state index contributed by atoms with van der Waals surface area (Å²) in [6.45, 7) is 6.40. The molecule has 9 atom stereocenters. The summed E-state index contributed by atoms with van der Waals surface area (Å²) in [5.41, 5.74) is -1.53. The molecule has 4 aliphatic rings. The number of halogens is 1. The molecule has 2 aliphatic heterocycles. The van der Waals surface area contributed by atoms with Crippen molar-refractivity contribution in [3.63, 3.8) is 0 Å². The molecule has 2 aromatic heterocycles. The third-order valence-corrected chi connectivity index (χ3v) is 10.5. The third kappa shape index (κ3) is 3.86. The number of benzene rings is 1. The van der Waals surface area contributed by atoms with E-state index in [4.69, 9.17) is 18.6 Å². The van der Waals surface area contributed by atoms with Crippen molar-refractivity contribution >= 4 is 0 Å². The first-order valence-corrected chi connectivity index (χ1v) is 14.2. The maximum atomic E-state index is 13.9. The molecule has 2 N–H and O–H groups in total. The van der Waals surface area contributed by atoms with Crippen LogP contribution < -0.4 is 10.4 Å². The number of nitrogens with zero attached hydrogens (tertiary/aromatic N) is 1. The van der Waals surface area contributed by atoms with Gasteiger partial charge in [0, 0.05) is 40.9 Å². The number of pyridine rings is 1. The first-order chi connectivity index (χ1) is 19.5. The van der Waals surface area contributed by atoms with Crippen LogP contribution in [0.3, 0.4) is 0 Å². The van der Waals surface area contributed by atoms with Crippen molar-refractivity contribution in [3.05, 3.63) is 82.2 Å². The van der Waals surface area contributed by atoms with Crippen molar-refractivity contribution < 1.29 is 33.2 Å². The second-order valence-electron chi connectivity index (χ2n) is 12.8. The number of fused-ring (bicyclic) bond motifs is 6. The van der Waals surface area contributed by atoms with Crippen LogP contribution in [0.25, 0.3) is 11.3 Å². The molecule has 0 radical (unpaired) electrons. The third-order valence-electron chi connectivity index (χ3n) is 10.5. The highest BCUT2D eigenvalue weighted by atomic mass is 19.1. The lowest BCUT2D eigenvalue weighted by Crippen LogP contribution is -2.71. The molecule has 4 heterocycles. The lowest BCUT2D eigenvalue weighted by atomic mass is 9.42. The van der Waals surface area contributed by atoms with Crippen molar-refractivity contribution in [1.29, 1.82) is 0 Å². The smallest absolute Gasteiger partial charge is 0.345 e. The van der Waals surface area contributed by atoms with Gasteiger partial charge in [-0.25, -0.2) is 9.18 Å². The monoisotopic (exact) mass is 563 g/mol. The van der Waals surface area contributed by atoms with E-state index >= 15 is 0 Å². The van der Waals surface area contributed by atoms with Gasteiger partial charge in [-0.1, -0.05) is 26.0 Å². The summed E-state index contributed by atoms with van der Waals surface area (Å²) in [5, 5.41) is 23.6. The Bertz CT molecular complexity index is 1550. The van der Waals surface area contributed by atoms with Gasteiger partial charge in [0.2, 0.25) is 0 Å². The molecule has 2 aliphatic carbocycles.